The predicted octanol–water partition coefficient (Wildman–Crippen LogP) is 4.05. The lowest BCUT2D eigenvalue weighted by molar-refractivity contribution is 0.133. The summed E-state index contributed by atoms with van der Waals surface area (Å²) in [7, 11) is 0. The van der Waals surface area contributed by atoms with Crippen molar-refractivity contribution in [3.63, 3.8) is 0 Å². The van der Waals surface area contributed by atoms with E-state index in [1.165, 1.54) is 30.9 Å². The van der Waals surface area contributed by atoms with Gasteiger partial charge in [0, 0.05) is 6.61 Å². The van der Waals surface area contributed by atoms with Gasteiger partial charge in [0.25, 0.3) is 0 Å². The Morgan fingerprint density at radius 2 is 1.50 bits per heavy atom. The van der Waals surface area contributed by atoms with Gasteiger partial charge in [0.2, 0.25) is 0 Å². The average Bonchev–Trinajstić information content (AvgIpc) is 2.66. The van der Waals surface area contributed by atoms with E-state index < -0.39 is 0 Å². The summed E-state index contributed by atoms with van der Waals surface area (Å²) in [6.07, 6.45) is 6.56. The molecule has 2 aromatic carbocycles. The van der Waals surface area contributed by atoms with Gasteiger partial charge in [-0.3, -0.25) is 0 Å². The number of nitrogens with one attached hydrogen (secondary N) is 1. The summed E-state index contributed by atoms with van der Waals surface area (Å²) >= 11 is 0. The molecule has 3 N–H and O–H groups in total. The first-order chi connectivity index (χ1) is 12.8. The maximum absolute atomic E-state index is 9.45. The van der Waals surface area contributed by atoms with Crippen LogP contribution in [0.5, 0.6) is 11.5 Å². The molecule has 0 unspecified atom stereocenters. The monoisotopic (exact) mass is 357 g/mol. The van der Waals surface area contributed by atoms with Gasteiger partial charge in [-0.25, -0.2) is 0 Å². The summed E-state index contributed by atoms with van der Waals surface area (Å²) in [5.41, 5.74) is 2.36. The molecular weight excluding hydrogens is 326 g/mol. The van der Waals surface area contributed by atoms with E-state index in [2.05, 4.69) is 29.6 Å². The SMILES string of the molecule is Oc1ccc(CCNCCCCCCOCCc2ccccc2)cc1O. The highest BCUT2D eigenvalue weighted by Crippen LogP contribution is 2.24. The van der Waals surface area contributed by atoms with Crippen LogP contribution in [-0.4, -0.2) is 36.5 Å². The Labute approximate surface area is 156 Å². The van der Waals surface area contributed by atoms with Gasteiger partial charge in [0.15, 0.2) is 11.5 Å². The average molecular weight is 357 g/mol. The molecule has 2 rings (SSSR count). The Bertz CT molecular complexity index is 616. The van der Waals surface area contributed by atoms with E-state index in [-0.39, 0.29) is 11.5 Å². The van der Waals surface area contributed by atoms with E-state index in [1.807, 2.05) is 12.1 Å². The molecule has 26 heavy (non-hydrogen) atoms. The molecule has 0 saturated carbocycles. The lowest BCUT2D eigenvalue weighted by Crippen LogP contribution is -2.18. The highest BCUT2D eigenvalue weighted by Gasteiger charge is 2.00. The molecule has 0 saturated heterocycles. The molecule has 0 bridgehead atoms. The lowest BCUT2D eigenvalue weighted by atomic mass is 10.1. The molecule has 0 aliphatic rings. The minimum absolute atomic E-state index is 0.0477. The van der Waals surface area contributed by atoms with Crippen LogP contribution in [0.2, 0.25) is 0 Å². The minimum Gasteiger partial charge on any atom is -0.504 e. The van der Waals surface area contributed by atoms with Crippen molar-refractivity contribution in [2.45, 2.75) is 38.5 Å². The first-order valence-corrected chi connectivity index (χ1v) is 9.59. The number of benzene rings is 2. The molecule has 0 radical (unpaired) electrons. The molecule has 0 aromatic heterocycles. The molecule has 2 aromatic rings. The highest BCUT2D eigenvalue weighted by atomic mass is 16.5. The Kier molecular flexibility index (Phi) is 9.62. The maximum atomic E-state index is 9.45. The molecule has 0 heterocycles. The third-order valence-electron chi connectivity index (χ3n) is 4.40. The Balaban J connectivity index is 1.36. The minimum atomic E-state index is -0.0641. The van der Waals surface area contributed by atoms with Gasteiger partial charge in [-0.1, -0.05) is 49.2 Å². The molecule has 0 aliphatic carbocycles. The number of unbranched alkanes of at least 4 members (excludes halogenated alkanes) is 3. The van der Waals surface area contributed by atoms with E-state index in [4.69, 9.17) is 4.74 Å². The lowest BCUT2D eigenvalue weighted by Gasteiger charge is -2.07. The van der Waals surface area contributed by atoms with Crippen LogP contribution >= 0.6 is 0 Å². The van der Waals surface area contributed by atoms with Gasteiger partial charge in [0.05, 0.1) is 6.61 Å². The topological polar surface area (TPSA) is 61.7 Å². The van der Waals surface area contributed by atoms with Gasteiger partial charge in [-0.05, 0) is 62.0 Å². The van der Waals surface area contributed by atoms with Gasteiger partial charge in [-0.2, -0.15) is 0 Å². The van der Waals surface area contributed by atoms with E-state index in [0.717, 1.165) is 51.1 Å². The van der Waals surface area contributed by atoms with Crippen LogP contribution in [0.3, 0.4) is 0 Å². The van der Waals surface area contributed by atoms with Gasteiger partial charge in [-0.15, -0.1) is 0 Å². The molecule has 0 fully saturated rings. The fourth-order valence-electron chi connectivity index (χ4n) is 2.83. The molecule has 0 amide bonds. The van der Waals surface area contributed by atoms with Crippen molar-refractivity contribution in [3.05, 3.63) is 59.7 Å². The highest BCUT2D eigenvalue weighted by molar-refractivity contribution is 5.40. The summed E-state index contributed by atoms with van der Waals surface area (Å²) < 4.78 is 5.70. The number of phenolic OH excluding ortho intramolecular Hbond substituents is 2. The van der Waals surface area contributed by atoms with E-state index in [0.29, 0.717) is 0 Å². The predicted molar refractivity (Wildman–Crippen MR) is 106 cm³/mol. The van der Waals surface area contributed by atoms with Crippen LogP contribution in [0.1, 0.15) is 36.8 Å². The zero-order valence-corrected chi connectivity index (χ0v) is 15.5. The second kappa shape index (κ2) is 12.3. The maximum Gasteiger partial charge on any atom is 0.157 e. The zero-order valence-electron chi connectivity index (χ0n) is 15.5. The van der Waals surface area contributed by atoms with Gasteiger partial charge >= 0.3 is 0 Å². The quantitative estimate of drug-likeness (QED) is 0.374. The van der Waals surface area contributed by atoms with Crippen molar-refractivity contribution >= 4 is 0 Å². The molecule has 142 valence electrons. The van der Waals surface area contributed by atoms with Crippen molar-refractivity contribution < 1.29 is 14.9 Å². The normalized spacial score (nSPS) is 10.9. The van der Waals surface area contributed by atoms with E-state index >= 15 is 0 Å². The number of rotatable bonds is 13. The standard InChI is InChI=1S/C22H31NO3/c24-21-11-10-20(18-22(21)25)12-15-23-14-6-1-2-7-16-26-17-13-19-8-4-3-5-9-19/h3-5,8-11,18,23-25H,1-2,6-7,12-17H2. The van der Waals surface area contributed by atoms with Crippen molar-refractivity contribution in [1.82, 2.24) is 5.32 Å². The van der Waals surface area contributed by atoms with Gasteiger partial charge < -0.3 is 20.3 Å². The fourth-order valence-corrected chi connectivity index (χ4v) is 2.83. The number of aromatic hydroxyl groups is 2. The van der Waals surface area contributed by atoms with Crippen LogP contribution in [-0.2, 0) is 17.6 Å². The smallest absolute Gasteiger partial charge is 0.157 e. The van der Waals surface area contributed by atoms with Crippen molar-refractivity contribution in [2.75, 3.05) is 26.3 Å². The fraction of sp³-hybridized carbons (Fsp3) is 0.455. The summed E-state index contributed by atoms with van der Waals surface area (Å²) in [5, 5.41) is 22.2. The van der Waals surface area contributed by atoms with Crippen molar-refractivity contribution in [1.29, 1.82) is 0 Å². The molecule has 0 atom stereocenters. The van der Waals surface area contributed by atoms with Crippen LogP contribution < -0.4 is 5.32 Å². The van der Waals surface area contributed by atoms with Crippen molar-refractivity contribution in [2.24, 2.45) is 0 Å². The number of phenols is 2. The number of hydrogen-bond acceptors (Lipinski definition) is 4. The number of hydrogen-bond donors (Lipinski definition) is 3. The second-order valence-electron chi connectivity index (χ2n) is 6.59. The van der Waals surface area contributed by atoms with Crippen molar-refractivity contribution in [3.8, 4) is 11.5 Å². The molecule has 0 aliphatic heterocycles. The first-order valence-electron chi connectivity index (χ1n) is 9.59. The summed E-state index contributed by atoms with van der Waals surface area (Å²) in [6.45, 7) is 3.55. The summed E-state index contributed by atoms with van der Waals surface area (Å²) in [5.74, 6) is -0.112. The Morgan fingerprint density at radius 3 is 2.31 bits per heavy atom. The van der Waals surface area contributed by atoms with Crippen LogP contribution in [0.4, 0.5) is 0 Å². The van der Waals surface area contributed by atoms with Crippen LogP contribution in [0, 0.1) is 0 Å². The summed E-state index contributed by atoms with van der Waals surface area (Å²) in [6, 6.07) is 15.4. The van der Waals surface area contributed by atoms with E-state index in [9.17, 15) is 10.2 Å². The Hall–Kier alpha value is -2.04. The van der Waals surface area contributed by atoms with Crippen LogP contribution in [0.25, 0.3) is 0 Å². The second-order valence-corrected chi connectivity index (χ2v) is 6.59. The van der Waals surface area contributed by atoms with Gasteiger partial charge in [0.1, 0.15) is 0 Å². The van der Waals surface area contributed by atoms with E-state index in [1.54, 1.807) is 6.07 Å². The zero-order chi connectivity index (χ0) is 18.5. The molecule has 4 heteroatoms. The Morgan fingerprint density at radius 1 is 0.692 bits per heavy atom. The summed E-state index contributed by atoms with van der Waals surface area (Å²) in [4.78, 5) is 0. The number of ether oxygens (including phenoxy) is 1. The third kappa shape index (κ3) is 8.37. The first kappa shape index (κ1) is 20.3. The van der Waals surface area contributed by atoms with Crippen LogP contribution in [0.15, 0.2) is 48.5 Å². The molecule has 4 nitrogen and oxygen atoms in total. The molecular formula is C22H31NO3. The molecule has 0 spiro atoms. The largest absolute Gasteiger partial charge is 0.504 e. The third-order valence-corrected chi connectivity index (χ3v) is 4.40.